The second kappa shape index (κ2) is 6.42. The Kier molecular flexibility index (Phi) is 4.84. The molecule has 0 fully saturated rings. The lowest BCUT2D eigenvalue weighted by Crippen LogP contribution is -2.37. The fourth-order valence-corrected chi connectivity index (χ4v) is 2.35. The van der Waals surface area contributed by atoms with E-state index < -0.39 is 0 Å². The van der Waals surface area contributed by atoms with Gasteiger partial charge in [0, 0.05) is 23.3 Å². The van der Waals surface area contributed by atoms with Crippen LogP contribution in [0.1, 0.15) is 31.5 Å². The minimum absolute atomic E-state index is 0.0462. The van der Waals surface area contributed by atoms with Crippen LogP contribution in [0, 0.1) is 6.92 Å². The van der Waals surface area contributed by atoms with E-state index >= 15 is 0 Å². The van der Waals surface area contributed by atoms with Crippen molar-refractivity contribution in [2.75, 3.05) is 6.54 Å². The van der Waals surface area contributed by atoms with Gasteiger partial charge in [-0.3, -0.25) is 0 Å². The number of aromatic nitrogens is 2. The van der Waals surface area contributed by atoms with Gasteiger partial charge in [-0.1, -0.05) is 23.7 Å². The Morgan fingerprint density at radius 3 is 2.55 bits per heavy atom. The van der Waals surface area contributed by atoms with Crippen molar-refractivity contribution in [3.05, 3.63) is 53.1 Å². The van der Waals surface area contributed by atoms with Crippen LogP contribution in [0.15, 0.2) is 36.8 Å². The molecule has 0 unspecified atom stereocenters. The Labute approximate surface area is 126 Å². The molecule has 0 bridgehead atoms. The van der Waals surface area contributed by atoms with Gasteiger partial charge in [-0.2, -0.15) is 0 Å². The van der Waals surface area contributed by atoms with Crippen molar-refractivity contribution >= 4 is 11.6 Å². The standard InChI is InChI=1S/C16H22ClN3/c1-13-11-20(12-18-13)10-4-9-19-16(2,3)14-5-7-15(17)8-6-14/h5-8,11-12,19H,4,9-10H2,1-3H3. The number of hydrogen-bond acceptors (Lipinski definition) is 2. The summed E-state index contributed by atoms with van der Waals surface area (Å²) in [6.45, 7) is 8.35. The summed E-state index contributed by atoms with van der Waals surface area (Å²) in [5.74, 6) is 0. The highest BCUT2D eigenvalue weighted by molar-refractivity contribution is 6.30. The van der Waals surface area contributed by atoms with E-state index in [2.05, 4.69) is 47.0 Å². The smallest absolute Gasteiger partial charge is 0.0949 e. The van der Waals surface area contributed by atoms with Gasteiger partial charge in [-0.05, 0) is 51.4 Å². The molecule has 0 saturated heterocycles. The predicted molar refractivity (Wildman–Crippen MR) is 84.1 cm³/mol. The van der Waals surface area contributed by atoms with E-state index in [1.54, 1.807) is 0 Å². The third kappa shape index (κ3) is 4.09. The van der Waals surface area contributed by atoms with Crippen molar-refractivity contribution in [1.82, 2.24) is 14.9 Å². The summed E-state index contributed by atoms with van der Waals surface area (Å²) in [5, 5.41) is 4.37. The van der Waals surface area contributed by atoms with Crippen molar-refractivity contribution < 1.29 is 0 Å². The topological polar surface area (TPSA) is 29.9 Å². The molecule has 4 heteroatoms. The van der Waals surface area contributed by atoms with E-state index in [0.717, 1.165) is 30.2 Å². The van der Waals surface area contributed by atoms with Crippen molar-refractivity contribution in [3.8, 4) is 0 Å². The SMILES string of the molecule is Cc1cn(CCCNC(C)(C)c2ccc(Cl)cc2)cn1. The van der Waals surface area contributed by atoms with Crippen LogP contribution in [0.2, 0.25) is 5.02 Å². The summed E-state index contributed by atoms with van der Waals surface area (Å²) in [7, 11) is 0. The van der Waals surface area contributed by atoms with Gasteiger partial charge < -0.3 is 9.88 Å². The molecule has 1 aromatic carbocycles. The highest BCUT2D eigenvalue weighted by Crippen LogP contribution is 2.21. The molecule has 0 saturated carbocycles. The van der Waals surface area contributed by atoms with E-state index in [1.807, 2.05) is 25.4 Å². The first-order chi connectivity index (χ1) is 9.47. The van der Waals surface area contributed by atoms with Gasteiger partial charge in [0.25, 0.3) is 0 Å². The molecular formula is C16H22ClN3. The summed E-state index contributed by atoms with van der Waals surface area (Å²) in [6.07, 6.45) is 5.04. The normalized spacial score (nSPS) is 11.8. The summed E-state index contributed by atoms with van der Waals surface area (Å²) >= 11 is 5.93. The zero-order chi connectivity index (χ0) is 14.6. The van der Waals surface area contributed by atoms with Gasteiger partial charge in [0.15, 0.2) is 0 Å². The van der Waals surface area contributed by atoms with Crippen LogP contribution in [-0.2, 0) is 12.1 Å². The molecule has 2 aromatic rings. The third-order valence-corrected chi connectivity index (χ3v) is 3.74. The summed E-state index contributed by atoms with van der Waals surface area (Å²) in [4.78, 5) is 4.23. The van der Waals surface area contributed by atoms with Gasteiger partial charge in [-0.15, -0.1) is 0 Å². The molecule has 1 aromatic heterocycles. The first kappa shape index (κ1) is 15.1. The average molecular weight is 292 g/mol. The molecule has 0 spiro atoms. The van der Waals surface area contributed by atoms with E-state index in [1.165, 1.54) is 5.56 Å². The minimum atomic E-state index is -0.0462. The lowest BCUT2D eigenvalue weighted by molar-refractivity contribution is 0.393. The zero-order valence-corrected chi connectivity index (χ0v) is 13.1. The molecule has 1 heterocycles. The number of rotatable bonds is 6. The average Bonchev–Trinajstić information content (AvgIpc) is 2.81. The monoisotopic (exact) mass is 291 g/mol. The van der Waals surface area contributed by atoms with Crippen molar-refractivity contribution in [3.63, 3.8) is 0 Å². The maximum Gasteiger partial charge on any atom is 0.0949 e. The molecule has 3 nitrogen and oxygen atoms in total. The molecular weight excluding hydrogens is 270 g/mol. The molecule has 0 radical (unpaired) electrons. The van der Waals surface area contributed by atoms with Crippen molar-refractivity contribution in [1.29, 1.82) is 0 Å². The molecule has 1 N–H and O–H groups in total. The van der Waals surface area contributed by atoms with Crippen LogP contribution >= 0.6 is 11.6 Å². The number of benzene rings is 1. The molecule has 108 valence electrons. The second-order valence-electron chi connectivity index (χ2n) is 5.67. The van der Waals surface area contributed by atoms with Gasteiger partial charge in [0.2, 0.25) is 0 Å². The van der Waals surface area contributed by atoms with Crippen LogP contribution in [-0.4, -0.2) is 16.1 Å². The van der Waals surface area contributed by atoms with Gasteiger partial charge in [-0.25, -0.2) is 4.98 Å². The number of aryl methyl sites for hydroxylation is 2. The van der Waals surface area contributed by atoms with Gasteiger partial charge >= 0.3 is 0 Å². The summed E-state index contributed by atoms with van der Waals surface area (Å²) in [5.41, 5.74) is 2.27. The Bertz CT molecular complexity index is 543. The number of nitrogens with zero attached hydrogens (tertiary/aromatic N) is 2. The van der Waals surface area contributed by atoms with Crippen LogP contribution in [0.4, 0.5) is 0 Å². The van der Waals surface area contributed by atoms with E-state index in [4.69, 9.17) is 11.6 Å². The predicted octanol–water partition coefficient (Wildman–Crippen LogP) is 3.76. The van der Waals surface area contributed by atoms with Crippen LogP contribution in [0.5, 0.6) is 0 Å². The fraction of sp³-hybridized carbons (Fsp3) is 0.438. The maximum atomic E-state index is 5.93. The first-order valence-corrected chi connectivity index (χ1v) is 7.34. The van der Waals surface area contributed by atoms with Crippen LogP contribution in [0.3, 0.4) is 0 Å². The highest BCUT2D eigenvalue weighted by atomic mass is 35.5. The van der Waals surface area contributed by atoms with E-state index in [-0.39, 0.29) is 5.54 Å². The third-order valence-electron chi connectivity index (χ3n) is 3.49. The fourth-order valence-electron chi connectivity index (χ4n) is 2.23. The maximum absolute atomic E-state index is 5.93. The second-order valence-corrected chi connectivity index (χ2v) is 6.10. The minimum Gasteiger partial charge on any atom is -0.337 e. The molecule has 0 aliphatic heterocycles. The number of imidazole rings is 1. The summed E-state index contributed by atoms with van der Waals surface area (Å²) < 4.78 is 2.13. The van der Waals surface area contributed by atoms with Crippen molar-refractivity contribution in [2.24, 2.45) is 0 Å². The van der Waals surface area contributed by atoms with E-state index in [9.17, 15) is 0 Å². The Morgan fingerprint density at radius 1 is 1.25 bits per heavy atom. The molecule has 0 amide bonds. The summed E-state index contributed by atoms with van der Waals surface area (Å²) in [6, 6.07) is 8.03. The van der Waals surface area contributed by atoms with Crippen molar-refractivity contribution in [2.45, 2.75) is 39.3 Å². The highest BCUT2D eigenvalue weighted by Gasteiger charge is 2.18. The largest absolute Gasteiger partial charge is 0.337 e. The number of nitrogens with one attached hydrogen (secondary N) is 1. The first-order valence-electron chi connectivity index (χ1n) is 6.97. The van der Waals surface area contributed by atoms with E-state index in [0.29, 0.717) is 0 Å². The Morgan fingerprint density at radius 2 is 1.95 bits per heavy atom. The van der Waals surface area contributed by atoms with Crippen LogP contribution < -0.4 is 5.32 Å². The Balaban J connectivity index is 1.81. The molecule has 2 rings (SSSR count). The van der Waals surface area contributed by atoms with Crippen LogP contribution in [0.25, 0.3) is 0 Å². The lowest BCUT2D eigenvalue weighted by atomic mass is 9.94. The quantitative estimate of drug-likeness (QED) is 0.821. The lowest BCUT2D eigenvalue weighted by Gasteiger charge is -2.27. The molecule has 0 aliphatic carbocycles. The zero-order valence-electron chi connectivity index (χ0n) is 12.4. The molecule has 0 atom stereocenters. The van der Waals surface area contributed by atoms with Gasteiger partial charge in [0.1, 0.15) is 0 Å². The number of halogens is 1. The molecule has 0 aliphatic rings. The number of hydrogen-bond donors (Lipinski definition) is 1. The van der Waals surface area contributed by atoms with Gasteiger partial charge in [0.05, 0.1) is 12.0 Å². The Hall–Kier alpha value is -1.32. The molecule has 20 heavy (non-hydrogen) atoms.